The molecule has 2 aliphatic rings. The molecule has 0 amide bonds. The van der Waals surface area contributed by atoms with Crippen molar-refractivity contribution < 1.29 is 4.74 Å². The van der Waals surface area contributed by atoms with E-state index in [1.807, 2.05) is 0 Å². The number of fused-ring (bicyclic) bond motifs is 2. The Kier molecular flexibility index (Phi) is 2.61. The Labute approximate surface area is 81.3 Å². The minimum Gasteiger partial charge on any atom is -0.375 e. The van der Waals surface area contributed by atoms with Gasteiger partial charge < -0.3 is 9.64 Å². The summed E-state index contributed by atoms with van der Waals surface area (Å²) in [4.78, 5) is 2.56. The van der Waals surface area contributed by atoms with Crippen molar-refractivity contribution in [3.63, 3.8) is 0 Å². The van der Waals surface area contributed by atoms with Crippen molar-refractivity contribution in [3.05, 3.63) is 0 Å². The molecule has 76 valence electrons. The predicted octanol–water partition coefficient (Wildman–Crippen LogP) is 2.04. The maximum atomic E-state index is 5.89. The summed E-state index contributed by atoms with van der Waals surface area (Å²) in [5, 5.41) is 0. The Morgan fingerprint density at radius 3 is 2.15 bits per heavy atom. The van der Waals surface area contributed by atoms with E-state index in [-0.39, 0.29) is 0 Å². The smallest absolute Gasteiger partial charge is 0.0608 e. The Morgan fingerprint density at radius 1 is 1.15 bits per heavy atom. The summed E-state index contributed by atoms with van der Waals surface area (Å²) in [6.45, 7) is 4.28. The van der Waals surface area contributed by atoms with Crippen molar-refractivity contribution in [2.24, 2.45) is 0 Å². The van der Waals surface area contributed by atoms with Gasteiger partial charge in [-0.05, 0) is 46.6 Å². The quantitative estimate of drug-likeness (QED) is 0.649. The molecule has 0 aromatic carbocycles. The van der Waals surface area contributed by atoms with Gasteiger partial charge >= 0.3 is 0 Å². The number of nitrogens with zero attached hydrogens (tertiary/aromatic N) is 1. The van der Waals surface area contributed by atoms with Crippen LogP contribution in [0.4, 0.5) is 0 Å². The molecule has 2 heterocycles. The monoisotopic (exact) mass is 183 g/mol. The molecule has 1 unspecified atom stereocenters. The maximum absolute atomic E-state index is 5.89. The third-order valence-corrected chi connectivity index (χ3v) is 3.52. The second-order valence-corrected chi connectivity index (χ2v) is 4.83. The van der Waals surface area contributed by atoms with Crippen LogP contribution in [0.1, 0.15) is 39.5 Å². The summed E-state index contributed by atoms with van der Waals surface area (Å²) >= 11 is 0. The molecular formula is C11H21NO. The topological polar surface area (TPSA) is 12.5 Å². The first kappa shape index (κ1) is 9.47. The van der Waals surface area contributed by atoms with E-state index >= 15 is 0 Å². The number of rotatable bonds is 2. The van der Waals surface area contributed by atoms with Crippen LogP contribution in [-0.2, 0) is 4.74 Å². The highest BCUT2D eigenvalue weighted by atomic mass is 16.5. The molecule has 3 atom stereocenters. The Bertz CT molecular complexity index is 167. The van der Waals surface area contributed by atoms with Gasteiger partial charge in [0.25, 0.3) is 0 Å². The molecule has 0 aromatic rings. The van der Waals surface area contributed by atoms with Gasteiger partial charge in [0.05, 0.1) is 12.2 Å². The summed E-state index contributed by atoms with van der Waals surface area (Å²) in [5.41, 5.74) is 0. The fourth-order valence-electron chi connectivity index (χ4n) is 2.86. The largest absolute Gasteiger partial charge is 0.375 e. The summed E-state index contributed by atoms with van der Waals surface area (Å²) in [6, 6.07) is 1.62. The first-order chi connectivity index (χ1) is 6.16. The van der Waals surface area contributed by atoms with E-state index < -0.39 is 0 Å². The third kappa shape index (κ3) is 1.89. The molecular weight excluding hydrogens is 162 g/mol. The van der Waals surface area contributed by atoms with E-state index in [0.717, 1.165) is 12.1 Å². The second-order valence-electron chi connectivity index (χ2n) is 4.83. The first-order valence-corrected chi connectivity index (χ1v) is 5.54. The van der Waals surface area contributed by atoms with Crippen molar-refractivity contribution in [3.8, 4) is 0 Å². The molecule has 2 fully saturated rings. The van der Waals surface area contributed by atoms with E-state index in [2.05, 4.69) is 25.8 Å². The predicted molar refractivity (Wildman–Crippen MR) is 53.8 cm³/mol. The molecule has 2 nitrogen and oxygen atoms in total. The number of hydrogen-bond donors (Lipinski definition) is 0. The highest BCUT2D eigenvalue weighted by molar-refractivity contribution is 4.93. The van der Waals surface area contributed by atoms with Crippen molar-refractivity contribution in [2.75, 3.05) is 7.05 Å². The highest BCUT2D eigenvalue weighted by Crippen LogP contribution is 2.35. The van der Waals surface area contributed by atoms with Crippen LogP contribution in [0, 0.1) is 0 Å². The molecule has 13 heavy (non-hydrogen) atoms. The van der Waals surface area contributed by atoms with E-state index in [0.29, 0.717) is 12.2 Å². The first-order valence-electron chi connectivity index (χ1n) is 5.54. The van der Waals surface area contributed by atoms with Gasteiger partial charge in [0.15, 0.2) is 0 Å². The lowest BCUT2D eigenvalue weighted by Gasteiger charge is -2.36. The maximum Gasteiger partial charge on any atom is 0.0608 e. The van der Waals surface area contributed by atoms with Crippen LogP contribution in [-0.4, -0.2) is 36.2 Å². The lowest BCUT2D eigenvalue weighted by molar-refractivity contribution is -0.0423. The molecule has 0 saturated carbocycles. The van der Waals surface area contributed by atoms with Crippen LogP contribution < -0.4 is 0 Å². The molecule has 0 aliphatic carbocycles. The molecule has 0 radical (unpaired) electrons. The van der Waals surface area contributed by atoms with E-state index in [9.17, 15) is 0 Å². The number of hydrogen-bond acceptors (Lipinski definition) is 2. The zero-order chi connectivity index (χ0) is 9.42. The van der Waals surface area contributed by atoms with Crippen LogP contribution >= 0.6 is 0 Å². The number of piperidine rings is 1. The van der Waals surface area contributed by atoms with Crippen LogP contribution in [0.25, 0.3) is 0 Å². The van der Waals surface area contributed by atoms with Gasteiger partial charge in [-0.15, -0.1) is 0 Å². The molecule has 0 aromatic heterocycles. The summed E-state index contributed by atoms with van der Waals surface area (Å²) < 4.78 is 5.89. The fourth-order valence-corrected chi connectivity index (χ4v) is 2.86. The van der Waals surface area contributed by atoms with Gasteiger partial charge in [-0.3, -0.25) is 0 Å². The Morgan fingerprint density at radius 2 is 1.69 bits per heavy atom. The van der Waals surface area contributed by atoms with Gasteiger partial charge in [0.2, 0.25) is 0 Å². The molecule has 0 N–H and O–H groups in total. The van der Waals surface area contributed by atoms with Gasteiger partial charge in [0, 0.05) is 12.1 Å². The minimum absolute atomic E-state index is 0.396. The average molecular weight is 183 g/mol. The summed E-state index contributed by atoms with van der Waals surface area (Å²) in [6.07, 6.45) is 6.22. The van der Waals surface area contributed by atoms with Gasteiger partial charge in [-0.25, -0.2) is 0 Å². The summed E-state index contributed by atoms with van der Waals surface area (Å²) in [7, 11) is 2.27. The molecule has 2 bridgehead atoms. The van der Waals surface area contributed by atoms with Crippen LogP contribution in [0.5, 0.6) is 0 Å². The third-order valence-electron chi connectivity index (χ3n) is 3.52. The van der Waals surface area contributed by atoms with Gasteiger partial charge in [-0.2, -0.15) is 0 Å². The second kappa shape index (κ2) is 3.58. The molecule has 2 rings (SSSR count). The zero-order valence-corrected chi connectivity index (χ0v) is 8.99. The van der Waals surface area contributed by atoms with Crippen molar-refractivity contribution in [1.82, 2.24) is 4.90 Å². The standard InChI is InChI=1S/C11H21NO/c1-8(2)13-11-6-9-4-5-10(7-11)12(9)3/h8-11H,4-7H2,1-3H3/t9-,10+,11?. The lowest BCUT2D eigenvalue weighted by Crippen LogP contribution is -2.43. The van der Waals surface area contributed by atoms with Gasteiger partial charge in [-0.1, -0.05) is 0 Å². The Balaban J connectivity index is 1.91. The molecule has 0 spiro atoms. The normalized spacial score (nSPS) is 40.2. The van der Waals surface area contributed by atoms with Crippen LogP contribution in [0.15, 0.2) is 0 Å². The van der Waals surface area contributed by atoms with E-state index in [4.69, 9.17) is 4.74 Å². The van der Waals surface area contributed by atoms with Crippen molar-refractivity contribution in [1.29, 1.82) is 0 Å². The molecule has 2 saturated heterocycles. The minimum atomic E-state index is 0.396. The van der Waals surface area contributed by atoms with E-state index in [1.54, 1.807) is 0 Å². The highest BCUT2D eigenvalue weighted by Gasteiger charge is 2.38. The Hall–Kier alpha value is -0.0800. The van der Waals surface area contributed by atoms with Crippen LogP contribution in [0.2, 0.25) is 0 Å². The molecule has 2 heteroatoms. The SMILES string of the molecule is CC(C)OC1C[C@H]2CC[C@@H](C1)N2C. The summed E-state index contributed by atoms with van der Waals surface area (Å²) in [5.74, 6) is 0. The fraction of sp³-hybridized carbons (Fsp3) is 1.00. The molecule has 2 aliphatic heterocycles. The average Bonchev–Trinajstić information content (AvgIpc) is 2.33. The number of ether oxygens (including phenoxy) is 1. The van der Waals surface area contributed by atoms with Gasteiger partial charge in [0.1, 0.15) is 0 Å². The van der Waals surface area contributed by atoms with E-state index in [1.165, 1.54) is 25.7 Å². The van der Waals surface area contributed by atoms with Crippen molar-refractivity contribution in [2.45, 2.75) is 63.8 Å². The lowest BCUT2D eigenvalue weighted by atomic mass is 10.0. The zero-order valence-electron chi connectivity index (χ0n) is 8.99. The van der Waals surface area contributed by atoms with Crippen LogP contribution in [0.3, 0.4) is 0 Å². The van der Waals surface area contributed by atoms with Crippen molar-refractivity contribution >= 4 is 0 Å².